The number of carbonyl (C=O) groups excluding carboxylic acids is 2. The van der Waals surface area contributed by atoms with Crippen LogP contribution in [0.5, 0.6) is 0 Å². The van der Waals surface area contributed by atoms with E-state index in [2.05, 4.69) is 27.2 Å². The molecule has 1 aromatic rings. The summed E-state index contributed by atoms with van der Waals surface area (Å²) in [6, 6.07) is 0.362. The highest BCUT2D eigenvalue weighted by molar-refractivity contribution is 5.95. The summed E-state index contributed by atoms with van der Waals surface area (Å²) in [7, 11) is 0. The first kappa shape index (κ1) is 19.2. The Hall–Kier alpha value is -1.85. The molecule has 1 heterocycles. The second-order valence-corrected chi connectivity index (χ2v) is 5.75. The number of H-pyrrole nitrogens is 1. The van der Waals surface area contributed by atoms with Crippen molar-refractivity contribution in [1.82, 2.24) is 15.5 Å². The Morgan fingerprint density at radius 3 is 2.52 bits per heavy atom. The third kappa shape index (κ3) is 7.30. The summed E-state index contributed by atoms with van der Waals surface area (Å²) in [5.74, 6) is -0.174. The topological polar surface area (TPSA) is 84.1 Å². The van der Waals surface area contributed by atoms with Crippen LogP contribution in [0.3, 0.4) is 0 Å². The molecule has 0 aromatic carbocycles. The van der Waals surface area contributed by atoms with Gasteiger partial charge in [0.15, 0.2) is 0 Å². The van der Waals surface area contributed by atoms with E-state index >= 15 is 0 Å². The minimum atomic E-state index is -0.211. The van der Waals surface area contributed by atoms with Gasteiger partial charge in [0.2, 0.25) is 0 Å². The van der Waals surface area contributed by atoms with Crippen LogP contribution in [-0.4, -0.2) is 34.7 Å². The first-order chi connectivity index (χ1) is 11.1. The van der Waals surface area contributed by atoms with Crippen molar-refractivity contribution in [2.24, 2.45) is 0 Å². The summed E-state index contributed by atoms with van der Waals surface area (Å²) in [4.78, 5) is 21.9. The highest BCUT2D eigenvalue weighted by Crippen LogP contribution is 2.18. The lowest BCUT2D eigenvalue weighted by molar-refractivity contribution is -0.140. The molecular weight excluding hydrogens is 294 g/mol. The Morgan fingerprint density at radius 2 is 2.00 bits per heavy atom. The molecule has 0 saturated heterocycles. The summed E-state index contributed by atoms with van der Waals surface area (Å²) in [6.45, 7) is 5.75. The minimum absolute atomic E-state index is 0.0362. The molecular formula is C17H29N3O3. The molecule has 1 aliphatic carbocycles. The molecule has 1 fully saturated rings. The van der Waals surface area contributed by atoms with E-state index in [1.807, 2.05) is 0 Å². The average Bonchev–Trinajstić information content (AvgIpc) is 2.97. The molecule has 23 heavy (non-hydrogen) atoms. The minimum Gasteiger partial charge on any atom is -0.466 e. The number of aromatic amines is 1. The maximum absolute atomic E-state index is 12.1. The van der Waals surface area contributed by atoms with Crippen LogP contribution >= 0.6 is 0 Å². The second kappa shape index (κ2) is 10.8. The van der Waals surface area contributed by atoms with E-state index in [0.29, 0.717) is 12.6 Å². The Labute approximate surface area is 138 Å². The highest BCUT2D eigenvalue weighted by atomic mass is 16.5. The molecule has 1 saturated carbocycles. The first-order valence-corrected chi connectivity index (χ1v) is 8.54. The van der Waals surface area contributed by atoms with E-state index < -0.39 is 0 Å². The number of rotatable bonds is 5. The molecule has 0 atom stereocenters. The van der Waals surface area contributed by atoms with E-state index in [1.165, 1.54) is 26.2 Å². The molecule has 6 nitrogen and oxygen atoms in total. The van der Waals surface area contributed by atoms with Gasteiger partial charge in [-0.3, -0.25) is 14.7 Å². The molecule has 2 N–H and O–H groups in total. The van der Waals surface area contributed by atoms with E-state index in [1.54, 1.807) is 13.1 Å². The molecule has 0 bridgehead atoms. The lowest BCUT2D eigenvalue weighted by Crippen LogP contribution is -2.36. The third-order valence-corrected chi connectivity index (χ3v) is 3.75. The fourth-order valence-corrected chi connectivity index (χ4v) is 2.66. The van der Waals surface area contributed by atoms with Gasteiger partial charge in [-0.05, 0) is 26.2 Å². The van der Waals surface area contributed by atoms with Crippen LogP contribution in [-0.2, 0) is 16.0 Å². The van der Waals surface area contributed by atoms with E-state index in [0.717, 1.165) is 36.9 Å². The molecule has 1 amide bonds. The molecule has 0 spiro atoms. The van der Waals surface area contributed by atoms with Crippen molar-refractivity contribution in [2.75, 3.05) is 6.61 Å². The molecule has 6 heteroatoms. The number of esters is 1. The van der Waals surface area contributed by atoms with Crippen molar-refractivity contribution in [1.29, 1.82) is 0 Å². The second-order valence-electron chi connectivity index (χ2n) is 5.75. The van der Waals surface area contributed by atoms with Crippen molar-refractivity contribution >= 4 is 11.9 Å². The van der Waals surface area contributed by atoms with Crippen molar-refractivity contribution in [3.05, 3.63) is 17.5 Å². The van der Waals surface area contributed by atoms with Crippen molar-refractivity contribution < 1.29 is 14.3 Å². The zero-order valence-electron chi connectivity index (χ0n) is 14.5. The van der Waals surface area contributed by atoms with Crippen LogP contribution in [0.15, 0.2) is 6.20 Å². The fraction of sp³-hybridized carbons (Fsp3) is 0.706. The molecule has 0 aliphatic heterocycles. The van der Waals surface area contributed by atoms with E-state index in [-0.39, 0.29) is 11.9 Å². The van der Waals surface area contributed by atoms with Crippen LogP contribution in [0.1, 0.15) is 75.3 Å². The number of aryl methyl sites for hydroxylation is 1. The number of nitrogens with zero attached hydrogens (tertiary/aromatic N) is 1. The van der Waals surface area contributed by atoms with Gasteiger partial charge >= 0.3 is 5.97 Å². The lowest BCUT2D eigenvalue weighted by Gasteiger charge is -2.22. The number of nitrogens with one attached hydrogen (secondary N) is 2. The molecule has 1 aromatic heterocycles. The Bertz CT molecular complexity index is 479. The van der Waals surface area contributed by atoms with Crippen molar-refractivity contribution in [3.8, 4) is 0 Å². The summed E-state index contributed by atoms with van der Waals surface area (Å²) in [5, 5.41) is 10.0. The predicted molar refractivity (Wildman–Crippen MR) is 89.2 cm³/mol. The normalized spacial score (nSPS) is 14.6. The van der Waals surface area contributed by atoms with Crippen LogP contribution < -0.4 is 5.32 Å². The Balaban J connectivity index is 0.000000379. The summed E-state index contributed by atoms with van der Waals surface area (Å²) in [5.41, 5.74) is 1.68. The maximum atomic E-state index is 12.1. The van der Waals surface area contributed by atoms with Gasteiger partial charge in [-0.1, -0.05) is 32.6 Å². The average molecular weight is 323 g/mol. The fourth-order valence-electron chi connectivity index (χ4n) is 2.66. The van der Waals surface area contributed by atoms with Gasteiger partial charge in [0, 0.05) is 18.7 Å². The molecule has 130 valence electrons. The maximum Gasteiger partial charge on any atom is 0.302 e. The van der Waals surface area contributed by atoms with Gasteiger partial charge in [-0.25, -0.2) is 0 Å². The monoisotopic (exact) mass is 323 g/mol. The third-order valence-electron chi connectivity index (χ3n) is 3.75. The zero-order valence-corrected chi connectivity index (χ0v) is 14.5. The van der Waals surface area contributed by atoms with Crippen LogP contribution in [0.25, 0.3) is 0 Å². The van der Waals surface area contributed by atoms with E-state index in [4.69, 9.17) is 0 Å². The lowest BCUT2D eigenvalue weighted by atomic mass is 9.95. The summed E-state index contributed by atoms with van der Waals surface area (Å²) < 4.78 is 4.40. The molecule has 0 unspecified atom stereocenters. The smallest absolute Gasteiger partial charge is 0.302 e. The van der Waals surface area contributed by atoms with Gasteiger partial charge in [0.05, 0.1) is 18.4 Å². The number of carbonyl (C=O) groups is 2. The highest BCUT2D eigenvalue weighted by Gasteiger charge is 2.19. The molecule has 1 aliphatic rings. The van der Waals surface area contributed by atoms with Gasteiger partial charge in [0.25, 0.3) is 5.91 Å². The van der Waals surface area contributed by atoms with Gasteiger partial charge in [0.1, 0.15) is 0 Å². The predicted octanol–water partition coefficient (Wildman–Crippen LogP) is 2.99. The number of aromatic nitrogens is 2. The van der Waals surface area contributed by atoms with Crippen LogP contribution in [0.4, 0.5) is 0 Å². The summed E-state index contributed by atoms with van der Waals surface area (Å²) >= 11 is 0. The van der Waals surface area contributed by atoms with E-state index in [9.17, 15) is 9.59 Å². The number of amides is 1. The van der Waals surface area contributed by atoms with Gasteiger partial charge in [-0.15, -0.1) is 0 Å². The summed E-state index contributed by atoms with van der Waals surface area (Å²) in [6.07, 6.45) is 9.55. The van der Waals surface area contributed by atoms with Crippen LogP contribution in [0.2, 0.25) is 0 Å². The quantitative estimate of drug-likeness (QED) is 0.816. The van der Waals surface area contributed by atoms with Crippen LogP contribution in [0, 0.1) is 0 Å². The van der Waals surface area contributed by atoms with Crippen molar-refractivity contribution in [3.63, 3.8) is 0 Å². The standard InChI is InChI=1S/C13H21N3O.C4H8O2/c1-2-6-12-11(9-14-16-12)13(17)15-10-7-4-3-5-8-10;1-3-6-4(2)5/h9-10H,2-8H2,1H3,(H,14,16)(H,15,17);3H2,1-2H3. The van der Waals surface area contributed by atoms with Gasteiger partial charge in [-0.2, -0.15) is 5.10 Å². The Kier molecular flexibility index (Phi) is 9.02. The zero-order chi connectivity index (χ0) is 17.1. The van der Waals surface area contributed by atoms with Crippen molar-refractivity contribution in [2.45, 2.75) is 71.8 Å². The largest absolute Gasteiger partial charge is 0.466 e. The number of hydrogen-bond acceptors (Lipinski definition) is 4. The number of ether oxygens (including phenoxy) is 1. The SMILES string of the molecule is CCCc1[nH]ncc1C(=O)NC1CCCCC1.CCOC(C)=O. The first-order valence-electron chi connectivity index (χ1n) is 8.54. The Morgan fingerprint density at radius 1 is 1.30 bits per heavy atom. The molecule has 2 rings (SSSR count). The molecule has 0 radical (unpaired) electrons. The number of hydrogen-bond donors (Lipinski definition) is 2. The van der Waals surface area contributed by atoms with Gasteiger partial charge < -0.3 is 10.1 Å².